The molecule has 6 nitrogen and oxygen atoms in total. The molecular weight excluding hydrogens is 321 g/mol. The number of aldehydes is 1. The van der Waals surface area contributed by atoms with Crippen molar-refractivity contribution in [3.63, 3.8) is 0 Å². The molecule has 1 aromatic carbocycles. The molecule has 2 heterocycles. The fourth-order valence-electron chi connectivity index (χ4n) is 3.22. The molecule has 1 saturated heterocycles. The van der Waals surface area contributed by atoms with Crippen LogP contribution in [0.15, 0.2) is 41.8 Å². The minimum Gasteiger partial charge on any atom is -0.331 e. The van der Waals surface area contributed by atoms with Crippen molar-refractivity contribution in [1.82, 2.24) is 9.97 Å². The first-order valence-corrected chi connectivity index (χ1v) is 8.60. The van der Waals surface area contributed by atoms with Crippen molar-refractivity contribution in [3.05, 3.63) is 48.2 Å². The molecule has 1 aromatic heterocycles. The molecule has 1 aliphatic heterocycles. The molecule has 1 N–H and O–H groups in total. The van der Waals surface area contributed by atoms with Gasteiger partial charge in [0.1, 0.15) is 25.2 Å². The molecule has 1 unspecified atom stereocenters. The molecule has 1 fully saturated rings. The number of imidazole rings is 1. The Hall–Kier alpha value is -2.06. The first-order chi connectivity index (χ1) is 10.9. The zero-order valence-corrected chi connectivity index (χ0v) is 13.3. The van der Waals surface area contributed by atoms with E-state index < -0.39 is 15.9 Å². The maximum absolute atomic E-state index is 13.1. The second kappa shape index (κ2) is 5.54. The van der Waals surface area contributed by atoms with E-state index in [-0.39, 0.29) is 33.7 Å². The lowest BCUT2D eigenvalue weighted by Crippen LogP contribution is -2.47. The normalized spacial score (nSPS) is 27.9. The molecular formula is C15H17FN3O3S+. The highest BCUT2D eigenvalue weighted by molar-refractivity contribution is 7.85. The van der Waals surface area contributed by atoms with Gasteiger partial charge in [0.15, 0.2) is 0 Å². The minimum atomic E-state index is -3.70. The topological polar surface area (TPSA) is 79.9 Å². The van der Waals surface area contributed by atoms with Crippen LogP contribution in [0, 0.1) is 11.7 Å². The summed E-state index contributed by atoms with van der Waals surface area (Å²) in [5.41, 5.74) is 0.769. The van der Waals surface area contributed by atoms with Crippen molar-refractivity contribution in [2.45, 2.75) is 10.9 Å². The number of aromatic nitrogens is 2. The minimum absolute atomic E-state index is 0.0319. The van der Waals surface area contributed by atoms with Crippen LogP contribution in [-0.2, 0) is 14.8 Å². The van der Waals surface area contributed by atoms with E-state index in [1.54, 1.807) is 19.2 Å². The summed E-state index contributed by atoms with van der Waals surface area (Å²) in [6, 6.07) is 5.86. The van der Waals surface area contributed by atoms with Gasteiger partial charge < -0.3 is 9.78 Å². The number of benzene rings is 1. The molecule has 0 saturated carbocycles. The average molecular weight is 338 g/mol. The number of carbonyl (C=O) groups excluding carboxylic acids is 1. The molecule has 0 radical (unpaired) electrons. The fraction of sp³-hybridized carbons (Fsp3) is 0.333. The van der Waals surface area contributed by atoms with Gasteiger partial charge in [0.05, 0.1) is 25.5 Å². The lowest BCUT2D eigenvalue weighted by Gasteiger charge is -2.27. The molecule has 0 amide bonds. The number of carbonyl (C=O) groups is 1. The van der Waals surface area contributed by atoms with Crippen LogP contribution in [0.1, 0.15) is 11.5 Å². The van der Waals surface area contributed by atoms with E-state index >= 15 is 0 Å². The van der Waals surface area contributed by atoms with E-state index in [0.29, 0.717) is 0 Å². The number of H-pyrrole nitrogens is 1. The number of rotatable bonds is 4. The van der Waals surface area contributed by atoms with Crippen LogP contribution in [0.25, 0.3) is 0 Å². The predicted octanol–water partition coefficient (Wildman–Crippen LogP) is 1.30. The Morgan fingerprint density at radius 3 is 2.57 bits per heavy atom. The summed E-state index contributed by atoms with van der Waals surface area (Å²) in [5, 5.41) is 0.0319. The van der Waals surface area contributed by atoms with Crippen molar-refractivity contribution in [2.75, 3.05) is 20.1 Å². The third-order valence-electron chi connectivity index (χ3n) is 4.50. The third kappa shape index (κ3) is 2.57. The van der Waals surface area contributed by atoms with Gasteiger partial charge in [0.25, 0.3) is 0 Å². The summed E-state index contributed by atoms with van der Waals surface area (Å²) >= 11 is 0. The van der Waals surface area contributed by atoms with Crippen molar-refractivity contribution >= 4 is 16.3 Å². The molecule has 122 valence electrons. The van der Waals surface area contributed by atoms with Crippen LogP contribution < -0.4 is 0 Å². The van der Waals surface area contributed by atoms with E-state index in [4.69, 9.17) is 0 Å². The maximum atomic E-state index is 13.1. The van der Waals surface area contributed by atoms with Crippen LogP contribution in [0.3, 0.4) is 0 Å². The van der Waals surface area contributed by atoms with Crippen LogP contribution in [0.2, 0.25) is 0 Å². The quantitative estimate of drug-likeness (QED) is 0.673. The smallest absolute Gasteiger partial charge is 0.331 e. The highest BCUT2D eigenvalue weighted by Crippen LogP contribution is 2.39. The van der Waals surface area contributed by atoms with Gasteiger partial charge in [-0.15, -0.1) is 0 Å². The molecule has 2 aromatic rings. The van der Waals surface area contributed by atoms with E-state index in [2.05, 4.69) is 9.97 Å². The van der Waals surface area contributed by atoms with Gasteiger partial charge in [-0.05, 0) is 17.7 Å². The van der Waals surface area contributed by atoms with Crippen LogP contribution in [0.4, 0.5) is 4.39 Å². The highest BCUT2D eigenvalue weighted by atomic mass is 32.2. The first kappa shape index (κ1) is 15.8. The Morgan fingerprint density at radius 2 is 2.00 bits per heavy atom. The van der Waals surface area contributed by atoms with Crippen LogP contribution in [0.5, 0.6) is 0 Å². The van der Waals surface area contributed by atoms with Crippen molar-refractivity contribution in [2.24, 2.45) is 5.92 Å². The number of hydrogen-bond donors (Lipinski definition) is 1. The molecule has 0 spiro atoms. The standard InChI is InChI=1S/C15H17FN3O3S/c1-19(23(21,22)15-6-17-10-18-15)7-12(9-20)14(8-19)11-2-4-13(16)5-3-11/h2-6,9-10,12,14H,7-8H2,1H3,(H,17,18)/q+1/t12?,14-,19-/m0/s1. The number of likely N-dealkylation sites (N-methyl/N-ethyl adjacent to an activating group) is 1. The van der Waals surface area contributed by atoms with Gasteiger partial charge in [-0.25, -0.2) is 13.3 Å². The summed E-state index contributed by atoms with van der Waals surface area (Å²) in [6.07, 6.45) is 3.36. The number of aromatic amines is 1. The average Bonchev–Trinajstić information content (AvgIpc) is 3.16. The zero-order chi connectivity index (χ0) is 16.7. The summed E-state index contributed by atoms with van der Waals surface area (Å²) in [4.78, 5) is 17.8. The lowest BCUT2D eigenvalue weighted by atomic mass is 9.90. The summed E-state index contributed by atoms with van der Waals surface area (Å²) < 4.78 is 38.5. The van der Waals surface area contributed by atoms with E-state index in [0.717, 1.165) is 11.8 Å². The second-order valence-electron chi connectivity index (χ2n) is 6.01. The molecule has 3 atom stereocenters. The van der Waals surface area contributed by atoms with Gasteiger partial charge in [-0.1, -0.05) is 12.1 Å². The largest absolute Gasteiger partial charge is 0.344 e. The number of sulfonamides is 1. The zero-order valence-electron chi connectivity index (χ0n) is 12.5. The van der Waals surface area contributed by atoms with E-state index in [1.807, 2.05) is 0 Å². The lowest BCUT2D eigenvalue weighted by molar-refractivity contribution is -0.772. The number of likely N-dealkylation sites (tertiary alicyclic amines) is 1. The van der Waals surface area contributed by atoms with Crippen LogP contribution >= 0.6 is 0 Å². The molecule has 8 heteroatoms. The van der Waals surface area contributed by atoms with Crippen molar-refractivity contribution < 1.29 is 21.5 Å². The Bertz CT molecular complexity index is 805. The summed E-state index contributed by atoms with van der Waals surface area (Å²) in [6.45, 7) is 0.420. The molecule has 23 heavy (non-hydrogen) atoms. The third-order valence-corrected chi connectivity index (χ3v) is 6.74. The number of quaternary nitrogens is 1. The van der Waals surface area contributed by atoms with Gasteiger partial charge in [-0.3, -0.25) is 0 Å². The monoisotopic (exact) mass is 338 g/mol. The predicted molar refractivity (Wildman–Crippen MR) is 80.4 cm³/mol. The van der Waals surface area contributed by atoms with E-state index in [1.165, 1.54) is 24.7 Å². The number of nitrogens with zero attached hydrogens (tertiary/aromatic N) is 2. The van der Waals surface area contributed by atoms with Gasteiger partial charge in [0, 0.05) is 5.92 Å². The van der Waals surface area contributed by atoms with Crippen LogP contribution in [-0.4, -0.2) is 48.7 Å². The number of hydrogen-bond acceptors (Lipinski definition) is 4. The van der Waals surface area contributed by atoms with E-state index in [9.17, 15) is 17.6 Å². The SMILES string of the molecule is C[N@+]1(S(=O)(=O)c2cnc[nH]2)CC(C=O)[C@H](c2ccc(F)cc2)C1. The van der Waals surface area contributed by atoms with Gasteiger partial charge in [-0.2, -0.15) is 8.42 Å². The fourth-order valence-corrected chi connectivity index (χ4v) is 4.81. The molecule has 0 bridgehead atoms. The highest BCUT2D eigenvalue weighted by Gasteiger charge is 2.51. The van der Waals surface area contributed by atoms with Crippen molar-refractivity contribution in [3.8, 4) is 0 Å². The number of halogens is 1. The Kier molecular flexibility index (Phi) is 3.81. The summed E-state index contributed by atoms with van der Waals surface area (Å²) in [7, 11) is -2.11. The number of nitrogens with one attached hydrogen (secondary N) is 1. The van der Waals surface area contributed by atoms with Crippen molar-refractivity contribution in [1.29, 1.82) is 0 Å². The maximum Gasteiger partial charge on any atom is 0.344 e. The second-order valence-corrected chi connectivity index (χ2v) is 8.28. The molecule has 3 rings (SSSR count). The van der Waals surface area contributed by atoms with Gasteiger partial charge in [0.2, 0.25) is 5.03 Å². The Balaban J connectivity index is 1.98. The first-order valence-electron chi connectivity index (χ1n) is 7.16. The Morgan fingerprint density at radius 1 is 1.30 bits per heavy atom. The summed E-state index contributed by atoms with van der Waals surface area (Å²) in [5.74, 6) is -1.07. The molecule has 0 aliphatic carbocycles. The Labute approximate surface area is 133 Å². The van der Waals surface area contributed by atoms with Gasteiger partial charge >= 0.3 is 10.0 Å². The molecule has 1 aliphatic rings.